The molecule has 0 amide bonds. The molecular formula is C16H25NO. The third-order valence-corrected chi connectivity index (χ3v) is 4.18. The molecule has 2 atom stereocenters. The van der Waals surface area contributed by atoms with Crippen molar-refractivity contribution >= 4 is 0 Å². The van der Waals surface area contributed by atoms with Gasteiger partial charge in [0.1, 0.15) is 0 Å². The van der Waals surface area contributed by atoms with E-state index in [0.29, 0.717) is 6.10 Å². The zero-order chi connectivity index (χ0) is 13.2. The van der Waals surface area contributed by atoms with Crippen LogP contribution in [0.5, 0.6) is 0 Å². The average molecular weight is 247 g/mol. The van der Waals surface area contributed by atoms with Crippen LogP contribution in [0, 0.1) is 13.8 Å². The van der Waals surface area contributed by atoms with Crippen LogP contribution in [-0.2, 0) is 10.3 Å². The Labute approximate surface area is 111 Å². The molecular weight excluding hydrogens is 222 g/mol. The zero-order valence-corrected chi connectivity index (χ0v) is 11.8. The van der Waals surface area contributed by atoms with E-state index in [1.54, 1.807) is 0 Å². The molecule has 1 aliphatic heterocycles. The van der Waals surface area contributed by atoms with Crippen LogP contribution < -0.4 is 5.73 Å². The van der Waals surface area contributed by atoms with Gasteiger partial charge in [-0.3, -0.25) is 0 Å². The second-order valence-corrected chi connectivity index (χ2v) is 5.89. The summed E-state index contributed by atoms with van der Waals surface area (Å²) in [4.78, 5) is 0. The third-order valence-electron chi connectivity index (χ3n) is 4.18. The van der Waals surface area contributed by atoms with Gasteiger partial charge in [0.25, 0.3) is 0 Å². The summed E-state index contributed by atoms with van der Waals surface area (Å²) in [5.41, 5.74) is 10.1. The van der Waals surface area contributed by atoms with Gasteiger partial charge >= 0.3 is 0 Å². The van der Waals surface area contributed by atoms with E-state index in [1.807, 2.05) is 0 Å². The van der Waals surface area contributed by atoms with E-state index in [0.717, 1.165) is 19.4 Å². The summed E-state index contributed by atoms with van der Waals surface area (Å²) < 4.78 is 5.67. The average Bonchev–Trinajstić information content (AvgIpc) is 2.83. The monoisotopic (exact) mass is 247 g/mol. The van der Waals surface area contributed by atoms with Crippen LogP contribution in [0.2, 0.25) is 0 Å². The predicted molar refractivity (Wildman–Crippen MR) is 75.7 cm³/mol. The van der Waals surface area contributed by atoms with Gasteiger partial charge in [-0.05, 0) is 63.1 Å². The molecule has 0 bridgehead atoms. The van der Waals surface area contributed by atoms with Gasteiger partial charge in [0.2, 0.25) is 0 Å². The highest BCUT2D eigenvalue weighted by Gasteiger charge is 2.24. The number of ether oxygens (including phenoxy) is 1. The fraction of sp³-hybridized carbons (Fsp3) is 0.625. The molecule has 1 heterocycles. The van der Waals surface area contributed by atoms with Crippen LogP contribution in [0.15, 0.2) is 18.2 Å². The Morgan fingerprint density at radius 1 is 1.33 bits per heavy atom. The van der Waals surface area contributed by atoms with Gasteiger partial charge in [-0.1, -0.05) is 18.2 Å². The molecule has 1 aromatic rings. The Kier molecular flexibility index (Phi) is 4.08. The molecule has 0 spiro atoms. The highest BCUT2D eigenvalue weighted by molar-refractivity contribution is 5.33. The SMILES string of the molecule is Cc1ccc(C(C)(N)CCC2CCCO2)cc1C. The molecule has 0 saturated carbocycles. The summed E-state index contributed by atoms with van der Waals surface area (Å²) in [5, 5.41) is 0. The molecule has 2 unspecified atom stereocenters. The fourth-order valence-corrected chi connectivity index (χ4v) is 2.57. The van der Waals surface area contributed by atoms with Crippen molar-refractivity contribution < 1.29 is 4.74 Å². The van der Waals surface area contributed by atoms with Crippen LogP contribution >= 0.6 is 0 Å². The number of aryl methyl sites for hydroxylation is 2. The molecule has 2 N–H and O–H groups in total. The van der Waals surface area contributed by atoms with E-state index >= 15 is 0 Å². The van der Waals surface area contributed by atoms with Crippen molar-refractivity contribution in [3.63, 3.8) is 0 Å². The summed E-state index contributed by atoms with van der Waals surface area (Å²) in [6, 6.07) is 6.56. The largest absolute Gasteiger partial charge is 0.378 e. The van der Waals surface area contributed by atoms with E-state index in [4.69, 9.17) is 10.5 Å². The van der Waals surface area contributed by atoms with Crippen molar-refractivity contribution in [3.05, 3.63) is 34.9 Å². The van der Waals surface area contributed by atoms with Gasteiger partial charge in [-0.25, -0.2) is 0 Å². The fourth-order valence-electron chi connectivity index (χ4n) is 2.57. The maximum atomic E-state index is 6.48. The van der Waals surface area contributed by atoms with Gasteiger partial charge in [-0.2, -0.15) is 0 Å². The molecule has 1 fully saturated rings. The second-order valence-electron chi connectivity index (χ2n) is 5.89. The first kappa shape index (κ1) is 13.6. The van der Waals surface area contributed by atoms with Crippen molar-refractivity contribution in [1.29, 1.82) is 0 Å². The van der Waals surface area contributed by atoms with Crippen LogP contribution in [0.4, 0.5) is 0 Å². The molecule has 100 valence electrons. The van der Waals surface area contributed by atoms with Gasteiger partial charge in [-0.15, -0.1) is 0 Å². The molecule has 2 heteroatoms. The molecule has 18 heavy (non-hydrogen) atoms. The molecule has 1 saturated heterocycles. The highest BCUT2D eigenvalue weighted by Crippen LogP contribution is 2.28. The Morgan fingerprint density at radius 3 is 2.72 bits per heavy atom. The van der Waals surface area contributed by atoms with E-state index in [-0.39, 0.29) is 5.54 Å². The van der Waals surface area contributed by atoms with Crippen molar-refractivity contribution in [2.75, 3.05) is 6.61 Å². The summed E-state index contributed by atoms with van der Waals surface area (Å²) in [5.74, 6) is 0. The summed E-state index contributed by atoms with van der Waals surface area (Å²) in [6.45, 7) is 7.34. The number of benzene rings is 1. The topological polar surface area (TPSA) is 35.2 Å². The second kappa shape index (κ2) is 5.41. The maximum absolute atomic E-state index is 6.48. The summed E-state index contributed by atoms with van der Waals surface area (Å²) in [6.07, 6.45) is 4.89. The van der Waals surface area contributed by atoms with Crippen LogP contribution in [0.3, 0.4) is 0 Å². The quantitative estimate of drug-likeness (QED) is 0.884. The lowest BCUT2D eigenvalue weighted by molar-refractivity contribution is 0.0967. The minimum absolute atomic E-state index is 0.246. The third kappa shape index (κ3) is 3.12. The van der Waals surface area contributed by atoms with Crippen molar-refractivity contribution in [1.82, 2.24) is 0 Å². The Morgan fingerprint density at radius 2 is 2.11 bits per heavy atom. The number of rotatable bonds is 4. The minimum Gasteiger partial charge on any atom is -0.378 e. The lowest BCUT2D eigenvalue weighted by Crippen LogP contribution is -2.34. The summed E-state index contributed by atoms with van der Waals surface area (Å²) in [7, 11) is 0. The number of nitrogens with two attached hydrogens (primary N) is 1. The smallest absolute Gasteiger partial charge is 0.0576 e. The minimum atomic E-state index is -0.246. The first-order chi connectivity index (χ1) is 8.49. The van der Waals surface area contributed by atoms with Crippen molar-refractivity contribution in [2.45, 2.75) is 58.1 Å². The highest BCUT2D eigenvalue weighted by atomic mass is 16.5. The number of hydrogen-bond acceptors (Lipinski definition) is 2. The lowest BCUT2D eigenvalue weighted by Gasteiger charge is -2.27. The van der Waals surface area contributed by atoms with Crippen molar-refractivity contribution in [3.8, 4) is 0 Å². The van der Waals surface area contributed by atoms with E-state index < -0.39 is 0 Å². The molecule has 0 aliphatic carbocycles. The van der Waals surface area contributed by atoms with E-state index in [2.05, 4.69) is 39.0 Å². The van der Waals surface area contributed by atoms with Gasteiger partial charge in [0, 0.05) is 12.1 Å². The van der Waals surface area contributed by atoms with Gasteiger partial charge in [0.15, 0.2) is 0 Å². The van der Waals surface area contributed by atoms with E-state index in [1.165, 1.54) is 29.5 Å². The lowest BCUT2D eigenvalue weighted by atomic mass is 9.86. The molecule has 0 radical (unpaired) electrons. The first-order valence-corrected chi connectivity index (χ1v) is 6.97. The number of hydrogen-bond donors (Lipinski definition) is 1. The van der Waals surface area contributed by atoms with Crippen LogP contribution in [0.1, 0.15) is 49.3 Å². The van der Waals surface area contributed by atoms with Crippen LogP contribution in [-0.4, -0.2) is 12.7 Å². The molecule has 2 nitrogen and oxygen atoms in total. The van der Waals surface area contributed by atoms with Gasteiger partial charge < -0.3 is 10.5 Å². The normalized spacial score (nSPS) is 23.0. The molecule has 1 aromatic carbocycles. The first-order valence-electron chi connectivity index (χ1n) is 6.97. The molecule has 2 rings (SSSR count). The summed E-state index contributed by atoms with van der Waals surface area (Å²) >= 11 is 0. The Hall–Kier alpha value is -0.860. The Balaban J connectivity index is 2.01. The van der Waals surface area contributed by atoms with Crippen molar-refractivity contribution in [2.24, 2.45) is 5.73 Å². The van der Waals surface area contributed by atoms with Crippen LogP contribution in [0.25, 0.3) is 0 Å². The molecule has 1 aliphatic rings. The predicted octanol–water partition coefficient (Wildman–Crippen LogP) is 3.44. The van der Waals surface area contributed by atoms with Gasteiger partial charge in [0.05, 0.1) is 6.10 Å². The Bertz CT molecular complexity index is 406. The standard InChI is InChI=1S/C16H25NO/c1-12-6-7-14(11-13(12)2)16(3,17)9-8-15-5-4-10-18-15/h6-7,11,15H,4-5,8-10,17H2,1-3H3. The van der Waals surface area contributed by atoms with E-state index in [9.17, 15) is 0 Å². The molecule has 0 aromatic heterocycles. The zero-order valence-electron chi connectivity index (χ0n) is 11.8. The maximum Gasteiger partial charge on any atom is 0.0576 e.